The first kappa shape index (κ1) is 19.2. The Balaban J connectivity index is 2.76. The summed E-state index contributed by atoms with van der Waals surface area (Å²) in [7, 11) is 1.13. The highest BCUT2D eigenvalue weighted by atomic mass is 16.5. The van der Waals surface area contributed by atoms with Gasteiger partial charge in [0.25, 0.3) is 0 Å². The van der Waals surface area contributed by atoms with E-state index in [1.54, 1.807) is 31.2 Å². The number of esters is 2. The first-order valence-corrected chi connectivity index (χ1v) is 8.05. The van der Waals surface area contributed by atoms with E-state index in [1.807, 2.05) is 6.92 Å². The molecule has 2 aromatic rings. The molecule has 0 atom stereocenters. The van der Waals surface area contributed by atoms with Crippen LogP contribution in [-0.2, 0) is 9.47 Å². The second-order valence-corrected chi connectivity index (χ2v) is 5.75. The van der Waals surface area contributed by atoms with Crippen molar-refractivity contribution in [2.45, 2.75) is 20.8 Å². The van der Waals surface area contributed by atoms with Crippen LogP contribution < -0.4 is 0 Å². The molecule has 0 radical (unpaired) electrons. The van der Waals surface area contributed by atoms with E-state index in [-0.39, 0.29) is 28.9 Å². The second-order valence-electron chi connectivity index (χ2n) is 5.75. The fourth-order valence-electron chi connectivity index (χ4n) is 2.56. The molecule has 0 saturated heterocycles. The van der Waals surface area contributed by atoms with Gasteiger partial charge in [0, 0.05) is 11.1 Å². The van der Waals surface area contributed by atoms with Crippen molar-refractivity contribution >= 4 is 17.7 Å². The smallest absolute Gasteiger partial charge is 0.342 e. The van der Waals surface area contributed by atoms with Crippen LogP contribution in [0.4, 0.5) is 0 Å². The van der Waals surface area contributed by atoms with Crippen LogP contribution in [0.5, 0.6) is 5.75 Å². The summed E-state index contributed by atoms with van der Waals surface area (Å²) in [6.45, 7) is 5.07. The van der Waals surface area contributed by atoms with Crippen molar-refractivity contribution in [3.05, 3.63) is 63.7 Å². The monoisotopic (exact) mass is 356 g/mol. The van der Waals surface area contributed by atoms with Gasteiger partial charge in [0.1, 0.15) is 11.3 Å². The number of benzene rings is 2. The molecule has 0 aliphatic heterocycles. The van der Waals surface area contributed by atoms with E-state index in [1.165, 1.54) is 13.0 Å². The van der Waals surface area contributed by atoms with Gasteiger partial charge in [0.05, 0.1) is 19.3 Å². The summed E-state index contributed by atoms with van der Waals surface area (Å²) in [4.78, 5) is 37.6. The van der Waals surface area contributed by atoms with E-state index in [9.17, 15) is 19.5 Å². The second kappa shape index (κ2) is 7.82. The van der Waals surface area contributed by atoms with Gasteiger partial charge < -0.3 is 14.6 Å². The third-order valence-corrected chi connectivity index (χ3v) is 3.92. The third-order valence-electron chi connectivity index (χ3n) is 3.92. The minimum atomic E-state index is -0.924. The van der Waals surface area contributed by atoms with Crippen molar-refractivity contribution in [2.24, 2.45) is 0 Å². The molecule has 0 aliphatic carbocycles. The first-order chi connectivity index (χ1) is 12.3. The summed E-state index contributed by atoms with van der Waals surface area (Å²) in [6.07, 6.45) is 0. The Morgan fingerprint density at radius 3 is 2.15 bits per heavy atom. The van der Waals surface area contributed by atoms with Crippen molar-refractivity contribution in [2.75, 3.05) is 13.7 Å². The summed E-state index contributed by atoms with van der Waals surface area (Å²) in [5.74, 6) is -2.67. The van der Waals surface area contributed by atoms with Gasteiger partial charge in [-0.3, -0.25) is 4.79 Å². The number of methoxy groups -OCH3 is 1. The van der Waals surface area contributed by atoms with Crippen LogP contribution in [0.15, 0.2) is 30.3 Å². The average molecular weight is 356 g/mol. The molecule has 6 heteroatoms. The van der Waals surface area contributed by atoms with Gasteiger partial charge in [-0.2, -0.15) is 0 Å². The lowest BCUT2D eigenvalue weighted by Crippen LogP contribution is -2.19. The third kappa shape index (κ3) is 3.59. The molecule has 1 N–H and O–H groups in total. The van der Waals surface area contributed by atoms with E-state index < -0.39 is 23.5 Å². The highest BCUT2D eigenvalue weighted by Gasteiger charge is 2.30. The molecule has 0 heterocycles. The van der Waals surface area contributed by atoms with Crippen molar-refractivity contribution in [3.63, 3.8) is 0 Å². The lowest BCUT2D eigenvalue weighted by atomic mass is 9.91. The number of phenols is 1. The molecule has 0 unspecified atom stereocenters. The number of rotatable bonds is 5. The Labute approximate surface area is 151 Å². The van der Waals surface area contributed by atoms with Gasteiger partial charge >= 0.3 is 11.9 Å². The minimum absolute atomic E-state index is 0.0250. The largest absolute Gasteiger partial charge is 0.507 e. The van der Waals surface area contributed by atoms with Crippen molar-refractivity contribution in [3.8, 4) is 5.75 Å². The molecule has 0 fully saturated rings. The van der Waals surface area contributed by atoms with Crippen molar-refractivity contribution < 1.29 is 29.0 Å². The maximum absolute atomic E-state index is 13.0. The number of phenolic OH excluding ortho intramolecular Hbond substituents is 1. The Bertz CT molecular complexity index is 865. The van der Waals surface area contributed by atoms with Crippen LogP contribution in [0.1, 0.15) is 54.7 Å². The summed E-state index contributed by atoms with van der Waals surface area (Å²) in [6, 6.07) is 8.17. The van der Waals surface area contributed by atoms with Crippen LogP contribution in [-0.4, -0.2) is 36.5 Å². The van der Waals surface area contributed by atoms with E-state index in [4.69, 9.17) is 4.74 Å². The normalized spacial score (nSPS) is 10.3. The lowest BCUT2D eigenvalue weighted by Gasteiger charge is -2.15. The highest BCUT2D eigenvalue weighted by Crippen LogP contribution is 2.31. The number of aromatic hydroxyl groups is 1. The van der Waals surface area contributed by atoms with Gasteiger partial charge in [-0.25, -0.2) is 9.59 Å². The quantitative estimate of drug-likeness (QED) is 0.653. The summed E-state index contributed by atoms with van der Waals surface area (Å²) >= 11 is 0. The molecule has 2 aromatic carbocycles. The van der Waals surface area contributed by atoms with E-state index in [2.05, 4.69) is 4.74 Å². The zero-order valence-corrected chi connectivity index (χ0v) is 15.1. The maximum atomic E-state index is 13.0. The minimum Gasteiger partial charge on any atom is -0.507 e. The van der Waals surface area contributed by atoms with Gasteiger partial charge in [0.15, 0.2) is 5.78 Å². The predicted octanol–water partition coefficient (Wildman–Crippen LogP) is 3.20. The molecule has 0 spiro atoms. The number of aryl methyl sites for hydroxylation is 2. The number of ether oxygens (including phenoxy) is 2. The fourth-order valence-corrected chi connectivity index (χ4v) is 2.56. The van der Waals surface area contributed by atoms with Gasteiger partial charge in [-0.15, -0.1) is 0 Å². The molecule has 6 nitrogen and oxygen atoms in total. The maximum Gasteiger partial charge on any atom is 0.342 e. The van der Waals surface area contributed by atoms with Crippen LogP contribution in [0.2, 0.25) is 0 Å². The SMILES string of the molecule is CCOC(=O)c1c(C(=O)c2ccc(C)cc2)cc(C)c(O)c1C(=O)OC. The van der Waals surface area contributed by atoms with Gasteiger partial charge in [-0.05, 0) is 32.4 Å². The van der Waals surface area contributed by atoms with E-state index in [0.717, 1.165) is 12.7 Å². The molecule has 0 aliphatic rings. The molecule has 0 aromatic heterocycles. The van der Waals surface area contributed by atoms with E-state index >= 15 is 0 Å². The number of carbonyl (C=O) groups excluding carboxylic acids is 3. The number of carbonyl (C=O) groups is 3. The van der Waals surface area contributed by atoms with Crippen LogP contribution in [0.25, 0.3) is 0 Å². The van der Waals surface area contributed by atoms with Crippen LogP contribution >= 0.6 is 0 Å². The first-order valence-electron chi connectivity index (χ1n) is 8.05. The Kier molecular flexibility index (Phi) is 5.77. The topological polar surface area (TPSA) is 89.9 Å². The average Bonchev–Trinajstić information content (AvgIpc) is 2.63. The standard InChI is InChI=1S/C20H20O6/c1-5-26-20(24)15-14(18(22)13-8-6-11(2)7-9-13)10-12(3)17(21)16(15)19(23)25-4/h6-10,21H,5H2,1-4H3. The Morgan fingerprint density at radius 2 is 1.62 bits per heavy atom. The van der Waals surface area contributed by atoms with Crippen LogP contribution in [0, 0.1) is 13.8 Å². The van der Waals surface area contributed by atoms with Gasteiger partial charge in [0.2, 0.25) is 0 Å². The van der Waals surface area contributed by atoms with Crippen molar-refractivity contribution in [1.82, 2.24) is 0 Å². The van der Waals surface area contributed by atoms with Crippen LogP contribution in [0.3, 0.4) is 0 Å². The lowest BCUT2D eigenvalue weighted by molar-refractivity contribution is 0.0499. The molecular weight excluding hydrogens is 336 g/mol. The molecule has 2 rings (SSSR count). The number of ketones is 1. The fraction of sp³-hybridized carbons (Fsp3) is 0.250. The molecule has 136 valence electrons. The van der Waals surface area contributed by atoms with Gasteiger partial charge in [-0.1, -0.05) is 29.8 Å². The Hall–Kier alpha value is -3.15. The summed E-state index contributed by atoms with van der Waals surface area (Å²) in [5.41, 5.74) is 0.900. The zero-order chi connectivity index (χ0) is 19.4. The zero-order valence-electron chi connectivity index (χ0n) is 15.1. The highest BCUT2D eigenvalue weighted by molar-refractivity contribution is 6.18. The van der Waals surface area contributed by atoms with E-state index in [0.29, 0.717) is 5.56 Å². The number of hydrogen-bond acceptors (Lipinski definition) is 6. The molecule has 0 bridgehead atoms. The molecule has 0 saturated carbocycles. The summed E-state index contributed by atoms with van der Waals surface area (Å²) in [5, 5.41) is 10.3. The molecule has 26 heavy (non-hydrogen) atoms. The predicted molar refractivity (Wildman–Crippen MR) is 94.8 cm³/mol. The molecule has 0 amide bonds. The number of hydrogen-bond donors (Lipinski definition) is 1. The summed E-state index contributed by atoms with van der Waals surface area (Å²) < 4.78 is 9.67. The van der Waals surface area contributed by atoms with Crippen molar-refractivity contribution in [1.29, 1.82) is 0 Å². The molecular formula is C20H20O6. The Morgan fingerprint density at radius 1 is 1.00 bits per heavy atom.